The molecule has 0 fully saturated rings. The first-order valence-electron chi connectivity index (χ1n) is 8.29. The Bertz CT molecular complexity index is 697. The largest absolute Gasteiger partial charge is 0.461 e. The summed E-state index contributed by atoms with van der Waals surface area (Å²) in [5, 5.41) is 11.2. The molecule has 2 rings (SSSR count). The van der Waals surface area contributed by atoms with Crippen LogP contribution in [0.4, 0.5) is 0 Å². The molecule has 0 radical (unpaired) electrons. The lowest BCUT2D eigenvalue weighted by atomic mass is 10.1. The fourth-order valence-electron chi connectivity index (χ4n) is 2.37. The number of benzene rings is 2. The van der Waals surface area contributed by atoms with E-state index < -0.39 is 16.9 Å². The number of nitro groups is 1. The molecule has 2 atom stereocenters. The van der Waals surface area contributed by atoms with Crippen LogP contribution in [-0.2, 0) is 15.3 Å². The summed E-state index contributed by atoms with van der Waals surface area (Å²) in [5.41, 5.74) is 2.15. The quantitative estimate of drug-likeness (QED) is 0.248. The van der Waals surface area contributed by atoms with Crippen LogP contribution in [0.15, 0.2) is 60.7 Å². The van der Waals surface area contributed by atoms with Gasteiger partial charge in [0.05, 0.1) is 6.61 Å². The molecular weight excluding hydrogens is 370 g/mol. The summed E-state index contributed by atoms with van der Waals surface area (Å²) in [6.45, 7) is 1.78. The molecule has 2 aromatic rings. The van der Waals surface area contributed by atoms with Gasteiger partial charge >= 0.3 is 12.0 Å². The fraction of sp³-hybridized carbons (Fsp3) is 0.316. The van der Waals surface area contributed by atoms with Crippen LogP contribution in [0.5, 0.6) is 0 Å². The molecule has 0 aliphatic rings. The highest BCUT2D eigenvalue weighted by atomic mass is 33.1. The molecule has 0 saturated carbocycles. The molecule has 2 aromatic carbocycles. The highest BCUT2D eigenvalue weighted by Gasteiger charge is 2.35. The third kappa shape index (κ3) is 6.38. The monoisotopic (exact) mass is 391 g/mol. The minimum atomic E-state index is -1.36. The minimum Gasteiger partial charge on any atom is -0.461 e. The summed E-state index contributed by atoms with van der Waals surface area (Å²) < 4.78 is 4.88. The van der Waals surface area contributed by atoms with Gasteiger partial charge in [0, 0.05) is 22.3 Å². The molecule has 0 aliphatic heterocycles. The number of esters is 1. The van der Waals surface area contributed by atoms with Gasteiger partial charge in [0.15, 0.2) is 0 Å². The predicted octanol–water partition coefficient (Wildman–Crippen LogP) is 4.91. The Kier molecular flexibility index (Phi) is 8.50. The Morgan fingerprint density at radius 3 is 2.31 bits per heavy atom. The Balaban J connectivity index is 2.07. The van der Waals surface area contributed by atoms with Crippen molar-refractivity contribution in [2.45, 2.75) is 30.4 Å². The SMILES string of the molecule is CCOC(=O)C(CC(SSCc1ccccc1)c1ccccc1)[N+](=O)[O-]. The molecule has 26 heavy (non-hydrogen) atoms. The molecule has 0 N–H and O–H groups in total. The fourth-order valence-corrected chi connectivity index (χ4v) is 5.13. The van der Waals surface area contributed by atoms with E-state index in [9.17, 15) is 14.9 Å². The van der Waals surface area contributed by atoms with Crippen LogP contribution in [0, 0.1) is 10.1 Å². The summed E-state index contributed by atoms with van der Waals surface area (Å²) in [4.78, 5) is 22.8. The summed E-state index contributed by atoms with van der Waals surface area (Å²) in [6.07, 6.45) is 0.0995. The molecule has 138 valence electrons. The third-order valence-electron chi connectivity index (χ3n) is 3.67. The number of carbonyl (C=O) groups excluding carboxylic acids is 1. The second-order valence-electron chi connectivity index (χ2n) is 5.53. The van der Waals surface area contributed by atoms with Gasteiger partial charge in [-0.15, -0.1) is 0 Å². The number of hydrogen-bond acceptors (Lipinski definition) is 6. The van der Waals surface area contributed by atoms with Crippen LogP contribution >= 0.6 is 21.6 Å². The van der Waals surface area contributed by atoms with Gasteiger partial charge in [0.1, 0.15) is 0 Å². The zero-order valence-electron chi connectivity index (χ0n) is 14.4. The van der Waals surface area contributed by atoms with Gasteiger partial charge in [-0.25, -0.2) is 4.79 Å². The lowest BCUT2D eigenvalue weighted by molar-refractivity contribution is -0.511. The van der Waals surface area contributed by atoms with Crippen LogP contribution in [0.25, 0.3) is 0 Å². The number of carbonyl (C=O) groups is 1. The van der Waals surface area contributed by atoms with E-state index in [1.165, 1.54) is 5.56 Å². The first-order valence-corrected chi connectivity index (χ1v) is 10.7. The Hall–Kier alpha value is -1.99. The van der Waals surface area contributed by atoms with Crippen molar-refractivity contribution in [2.75, 3.05) is 6.61 Å². The summed E-state index contributed by atoms with van der Waals surface area (Å²) in [5.74, 6) is 0.0179. The van der Waals surface area contributed by atoms with Crippen LogP contribution in [0.2, 0.25) is 0 Å². The lowest BCUT2D eigenvalue weighted by Crippen LogP contribution is -2.32. The van der Waals surface area contributed by atoms with E-state index in [-0.39, 0.29) is 18.3 Å². The number of nitrogens with zero attached hydrogens (tertiary/aromatic N) is 1. The molecule has 0 heterocycles. The average molecular weight is 392 g/mol. The molecule has 0 aromatic heterocycles. The topological polar surface area (TPSA) is 69.4 Å². The van der Waals surface area contributed by atoms with Gasteiger partial charge in [0.2, 0.25) is 0 Å². The van der Waals surface area contributed by atoms with Gasteiger partial charge in [-0.1, -0.05) is 82.3 Å². The van der Waals surface area contributed by atoms with Crippen molar-refractivity contribution in [1.82, 2.24) is 0 Å². The van der Waals surface area contributed by atoms with Crippen molar-refractivity contribution in [1.29, 1.82) is 0 Å². The van der Waals surface area contributed by atoms with E-state index in [4.69, 9.17) is 4.74 Å². The van der Waals surface area contributed by atoms with Crippen molar-refractivity contribution in [3.8, 4) is 0 Å². The van der Waals surface area contributed by atoms with Crippen molar-refractivity contribution >= 4 is 27.6 Å². The zero-order valence-corrected chi connectivity index (χ0v) is 16.1. The van der Waals surface area contributed by atoms with Gasteiger partial charge in [-0.3, -0.25) is 10.1 Å². The van der Waals surface area contributed by atoms with Crippen molar-refractivity contribution in [2.24, 2.45) is 0 Å². The highest BCUT2D eigenvalue weighted by molar-refractivity contribution is 8.76. The summed E-state index contributed by atoms with van der Waals surface area (Å²) >= 11 is 0. The lowest BCUT2D eigenvalue weighted by Gasteiger charge is -2.18. The Morgan fingerprint density at radius 2 is 1.73 bits per heavy atom. The molecule has 0 saturated heterocycles. The van der Waals surface area contributed by atoms with Gasteiger partial charge in [-0.2, -0.15) is 0 Å². The normalized spacial score (nSPS) is 13.0. The van der Waals surface area contributed by atoms with E-state index in [0.717, 1.165) is 11.3 Å². The van der Waals surface area contributed by atoms with E-state index in [1.54, 1.807) is 28.5 Å². The molecular formula is C19H21NO4S2. The maximum atomic E-state index is 12.0. The van der Waals surface area contributed by atoms with Crippen molar-refractivity contribution in [3.63, 3.8) is 0 Å². The van der Waals surface area contributed by atoms with E-state index in [2.05, 4.69) is 0 Å². The molecule has 0 aliphatic carbocycles. The molecule has 5 nitrogen and oxygen atoms in total. The summed E-state index contributed by atoms with van der Waals surface area (Å²) in [6, 6.07) is 18.2. The van der Waals surface area contributed by atoms with E-state index >= 15 is 0 Å². The molecule has 0 spiro atoms. The predicted molar refractivity (Wildman–Crippen MR) is 107 cm³/mol. The number of hydrogen-bond donors (Lipinski definition) is 0. The maximum absolute atomic E-state index is 12.0. The first-order chi connectivity index (χ1) is 12.6. The third-order valence-corrected chi connectivity index (χ3v) is 6.42. The van der Waals surface area contributed by atoms with Crippen molar-refractivity contribution in [3.05, 3.63) is 81.9 Å². The maximum Gasteiger partial charge on any atom is 0.381 e. The average Bonchev–Trinajstić information content (AvgIpc) is 2.66. The molecule has 0 amide bonds. The second kappa shape index (κ2) is 10.9. The van der Waals surface area contributed by atoms with Crippen LogP contribution in [0.3, 0.4) is 0 Å². The second-order valence-corrected chi connectivity index (χ2v) is 8.10. The van der Waals surface area contributed by atoms with Gasteiger partial charge in [0.25, 0.3) is 0 Å². The van der Waals surface area contributed by atoms with Crippen LogP contribution in [0.1, 0.15) is 29.7 Å². The smallest absolute Gasteiger partial charge is 0.381 e. The van der Waals surface area contributed by atoms with E-state index in [0.29, 0.717) is 0 Å². The van der Waals surface area contributed by atoms with Gasteiger partial charge in [-0.05, 0) is 18.1 Å². The van der Waals surface area contributed by atoms with Crippen LogP contribution < -0.4 is 0 Å². The molecule has 0 bridgehead atoms. The summed E-state index contributed by atoms with van der Waals surface area (Å²) in [7, 11) is 3.19. The van der Waals surface area contributed by atoms with Crippen LogP contribution in [-0.4, -0.2) is 23.5 Å². The van der Waals surface area contributed by atoms with E-state index in [1.807, 2.05) is 60.7 Å². The minimum absolute atomic E-state index is 0.0995. The zero-order chi connectivity index (χ0) is 18.8. The van der Waals surface area contributed by atoms with Crippen molar-refractivity contribution < 1.29 is 14.5 Å². The standard InChI is InChI=1S/C19H21NO4S2/c1-2-24-19(21)17(20(22)23)13-18(16-11-7-4-8-12-16)26-25-14-15-9-5-3-6-10-15/h3-12,17-18H,2,13-14H2,1H3. The number of ether oxygens (including phenoxy) is 1. The molecule has 2 unspecified atom stereocenters. The first kappa shape index (κ1) is 20.3. The highest BCUT2D eigenvalue weighted by Crippen LogP contribution is 2.42. The van der Waals surface area contributed by atoms with Gasteiger partial charge < -0.3 is 4.74 Å². The number of rotatable bonds is 10. The Labute approximate surface area is 161 Å². The Morgan fingerprint density at radius 1 is 1.12 bits per heavy atom. The molecule has 7 heteroatoms.